The van der Waals surface area contributed by atoms with Crippen LogP contribution in [0, 0.1) is 0 Å². The highest BCUT2D eigenvalue weighted by atomic mass is 32.2. The van der Waals surface area contributed by atoms with E-state index in [1.54, 1.807) is 13.8 Å². The predicted octanol–water partition coefficient (Wildman–Crippen LogP) is 2.57. The minimum Gasteiger partial charge on any atom is -0.465 e. The number of ether oxygens (including phenoxy) is 1. The summed E-state index contributed by atoms with van der Waals surface area (Å²) in [4.78, 5) is 36.7. The largest absolute Gasteiger partial charge is 0.465 e. The number of amides is 2. The molecule has 1 aromatic carbocycles. The van der Waals surface area contributed by atoms with Crippen LogP contribution in [0.4, 0.5) is 18.9 Å². The number of thioether (sulfide) groups is 1. The lowest BCUT2D eigenvalue weighted by Gasteiger charge is -2.19. The highest BCUT2D eigenvalue weighted by Crippen LogP contribution is 2.38. The number of nitrogens with zero attached hydrogens (tertiary/aromatic N) is 3. The van der Waals surface area contributed by atoms with Gasteiger partial charge in [0.05, 0.1) is 23.9 Å². The summed E-state index contributed by atoms with van der Waals surface area (Å²) in [6, 6.07) is 2.40. The van der Waals surface area contributed by atoms with Crippen molar-refractivity contribution in [3.05, 3.63) is 29.3 Å². The molecule has 0 spiro atoms. The number of amidine groups is 1. The first-order valence-electron chi connectivity index (χ1n) is 8.12. The van der Waals surface area contributed by atoms with Crippen LogP contribution in [-0.4, -0.2) is 41.0 Å². The van der Waals surface area contributed by atoms with Crippen LogP contribution in [0.15, 0.2) is 28.4 Å². The molecule has 1 unspecified atom stereocenters. The molecule has 156 valence electrons. The first kappa shape index (κ1) is 22.4. The van der Waals surface area contributed by atoms with Crippen LogP contribution in [0.2, 0.25) is 0 Å². The summed E-state index contributed by atoms with van der Waals surface area (Å²) < 4.78 is 44.5. The molecule has 1 aliphatic rings. The van der Waals surface area contributed by atoms with Crippen molar-refractivity contribution in [1.82, 2.24) is 0 Å². The number of esters is 1. The lowest BCUT2D eigenvalue weighted by Crippen LogP contribution is -2.34. The van der Waals surface area contributed by atoms with E-state index in [2.05, 4.69) is 14.9 Å². The Morgan fingerprint density at radius 3 is 2.45 bits per heavy atom. The molecule has 1 atom stereocenters. The fraction of sp³-hybridized carbons (Fsp3) is 0.353. The molecule has 0 aromatic heterocycles. The lowest BCUT2D eigenvalue weighted by molar-refractivity contribution is -0.137. The molecule has 2 amide bonds. The Bertz CT molecular complexity index is 910. The topological polar surface area (TPSA) is 114 Å². The Kier molecular flexibility index (Phi) is 6.67. The Hall–Kier alpha value is -2.89. The summed E-state index contributed by atoms with van der Waals surface area (Å²) in [5, 5.41) is 6.71. The summed E-state index contributed by atoms with van der Waals surface area (Å²) in [6.07, 6.45) is -5.12. The highest BCUT2D eigenvalue weighted by molar-refractivity contribution is 8.16. The zero-order valence-electron chi connectivity index (χ0n) is 15.6. The van der Waals surface area contributed by atoms with Crippen LogP contribution in [0.3, 0.4) is 0 Å². The first-order valence-corrected chi connectivity index (χ1v) is 9.00. The van der Waals surface area contributed by atoms with Gasteiger partial charge in [-0.2, -0.15) is 18.3 Å². The quantitative estimate of drug-likeness (QED) is 0.438. The average molecular weight is 430 g/mol. The van der Waals surface area contributed by atoms with E-state index in [9.17, 15) is 27.6 Å². The van der Waals surface area contributed by atoms with Crippen molar-refractivity contribution in [1.29, 1.82) is 0 Å². The molecule has 1 heterocycles. The minimum atomic E-state index is -4.78. The maximum Gasteiger partial charge on any atom is 0.416 e. The smallest absolute Gasteiger partial charge is 0.416 e. The Morgan fingerprint density at radius 2 is 1.93 bits per heavy atom. The number of primary amides is 1. The van der Waals surface area contributed by atoms with Crippen molar-refractivity contribution in [2.45, 2.75) is 31.7 Å². The van der Waals surface area contributed by atoms with Crippen LogP contribution in [0.1, 0.15) is 36.2 Å². The number of nitrogens with two attached hydrogens (primary N) is 1. The predicted molar refractivity (Wildman–Crippen MR) is 102 cm³/mol. The molecule has 2 rings (SSSR count). The SMILES string of the molecule is COC(=O)c1cc(N2C(=O)C(CC(N)=O)SC2=NN=C(C)C)cc(C(F)(F)F)c1. The van der Waals surface area contributed by atoms with Gasteiger partial charge in [-0.15, -0.1) is 5.10 Å². The molecule has 1 aliphatic heterocycles. The van der Waals surface area contributed by atoms with Crippen LogP contribution in [-0.2, 0) is 20.5 Å². The molecule has 0 aliphatic carbocycles. The van der Waals surface area contributed by atoms with Gasteiger partial charge in [-0.05, 0) is 32.0 Å². The summed E-state index contributed by atoms with van der Waals surface area (Å²) in [6.45, 7) is 3.27. The number of methoxy groups -OCH3 is 1. The van der Waals surface area contributed by atoms with Crippen LogP contribution >= 0.6 is 11.8 Å². The fourth-order valence-corrected chi connectivity index (χ4v) is 3.47. The van der Waals surface area contributed by atoms with Crippen molar-refractivity contribution in [3.8, 4) is 0 Å². The van der Waals surface area contributed by atoms with E-state index in [1.165, 1.54) is 0 Å². The van der Waals surface area contributed by atoms with Gasteiger partial charge in [-0.25, -0.2) is 4.79 Å². The van der Waals surface area contributed by atoms with Crippen LogP contribution < -0.4 is 10.6 Å². The second-order valence-corrected chi connectivity index (χ2v) is 7.31. The van der Waals surface area contributed by atoms with Gasteiger partial charge in [0.15, 0.2) is 5.17 Å². The number of hydrogen-bond donors (Lipinski definition) is 1. The maximum absolute atomic E-state index is 13.3. The van der Waals surface area contributed by atoms with Gasteiger partial charge in [0, 0.05) is 12.1 Å². The van der Waals surface area contributed by atoms with Gasteiger partial charge in [0.1, 0.15) is 5.25 Å². The number of hydrogen-bond acceptors (Lipinski definition) is 7. The average Bonchev–Trinajstić information content (AvgIpc) is 2.93. The number of halogens is 3. The van der Waals surface area contributed by atoms with E-state index in [0.29, 0.717) is 17.8 Å². The number of alkyl halides is 3. The van der Waals surface area contributed by atoms with E-state index < -0.39 is 40.3 Å². The molecule has 8 nitrogen and oxygen atoms in total. The van der Waals surface area contributed by atoms with Crippen molar-refractivity contribution >= 4 is 46.1 Å². The van der Waals surface area contributed by atoms with Crippen molar-refractivity contribution < 1.29 is 32.3 Å². The third kappa shape index (κ3) is 5.34. The van der Waals surface area contributed by atoms with Crippen LogP contribution in [0.5, 0.6) is 0 Å². The summed E-state index contributed by atoms with van der Waals surface area (Å²) in [5.41, 5.74) is 3.87. The molecule has 1 fully saturated rings. The monoisotopic (exact) mass is 430 g/mol. The number of carbonyl (C=O) groups is 3. The third-order valence-electron chi connectivity index (χ3n) is 3.58. The third-order valence-corrected chi connectivity index (χ3v) is 4.71. The summed E-state index contributed by atoms with van der Waals surface area (Å²) in [5.74, 6) is -2.47. The summed E-state index contributed by atoms with van der Waals surface area (Å²) >= 11 is 0.846. The Morgan fingerprint density at radius 1 is 1.28 bits per heavy atom. The van der Waals surface area contributed by atoms with Crippen LogP contribution in [0.25, 0.3) is 0 Å². The van der Waals surface area contributed by atoms with Crippen molar-refractivity contribution in [2.24, 2.45) is 15.9 Å². The van der Waals surface area contributed by atoms with Gasteiger partial charge in [0.25, 0.3) is 0 Å². The molecule has 0 saturated carbocycles. The normalized spacial score (nSPS) is 18.1. The van der Waals surface area contributed by atoms with Gasteiger partial charge < -0.3 is 10.5 Å². The Balaban J connectivity index is 2.64. The molecule has 0 bridgehead atoms. The zero-order chi connectivity index (χ0) is 21.9. The number of carbonyl (C=O) groups excluding carboxylic acids is 3. The Labute approximate surface area is 168 Å². The molecular formula is C17H17F3N4O4S. The van der Waals surface area contributed by atoms with E-state index >= 15 is 0 Å². The van der Waals surface area contributed by atoms with Crippen molar-refractivity contribution in [2.75, 3.05) is 12.0 Å². The molecule has 29 heavy (non-hydrogen) atoms. The molecule has 12 heteroatoms. The molecule has 0 radical (unpaired) electrons. The highest BCUT2D eigenvalue weighted by Gasteiger charge is 2.41. The standard InChI is InChI=1S/C17H17F3N4O4S/c1-8(2)22-23-16-24(14(26)12(29-16)7-13(21)25)11-5-9(15(27)28-3)4-10(6-11)17(18,19)20/h4-6,12H,7H2,1-3H3,(H2,21,25). The van der Waals surface area contributed by atoms with E-state index in [4.69, 9.17) is 5.73 Å². The van der Waals surface area contributed by atoms with Crippen molar-refractivity contribution in [3.63, 3.8) is 0 Å². The lowest BCUT2D eigenvalue weighted by atomic mass is 10.1. The van der Waals surface area contributed by atoms with Gasteiger partial charge >= 0.3 is 12.1 Å². The van der Waals surface area contributed by atoms with Gasteiger partial charge in [-0.3, -0.25) is 14.5 Å². The molecule has 1 saturated heterocycles. The van der Waals surface area contributed by atoms with Gasteiger partial charge in [-0.1, -0.05) is 11.8 Å². The fourth-order valence-electron chi connectivity index (χ4n) is 2.37. The van der Waals surface area contributed by atoms with E-state index in [1.807, 2.05) is 0 Å². The van der Waals surface area contributed by atoms with Gasteiger partial charge in [0.2, 0.25) is 11.8 Å². The zero-order valence-corrected chi connectivity index (χ0v) is 16.4. The molecule has 2 N–H and O–H groups in total. The minimum absolute atomic E-state index is 0.0439. The maximum atomic E-state index is 13.3. The second-order valence-electron chi connectivity index (χ2n) is 6.14. The second kappa shape index (κ2) is 8.64. The van der Waals surface area contributed by atoms with E-state index in [0.717, 1.165) is 29.8 Å². The number of benzene rings is 1. The first-order chi connectivity index (χ1) is 13.4. The number of rotatable bonds is 5. The molecule has 1 aromatic rings. The number of anilines is 1. The summed E-state index contributed by atoms with van der Waals surface area (Å²) in [7, 11) is 1.02. The molecular weight excluding hydrogens is 413 g/mol. The van der Waals surface area contributed by atoms with E-state index in [-0.39, 0.29) is 17.3 Å².